The van der Waals surface area contributed by atoms with Crippen molar-refractivity contribution in [1.82, 2.24) is 4.98 Å². The number of aromatic nitrogens is 1. The first kappa shape index (κ1) is 19.8. The van der Waals surface area contributed by atoms with E-state index in [0.717, 1.165) is 21.8 Å². The molecule has 0 saturated heterocycles. The van der Waals surface area contributed by atoms with E-state index < -0.39 is 0 Å². The topological polar surface area (TPSA) is 82.8 Å². The lowest BCUT2D eigenvalue weighted by molar-refractivity contribution is 0.0995. The lowest BCUT2D eigenvalue weighted by Crippen LogP contribution is -2.10. The molecule has 1 N–H and O–H groups in total. The highest BCUT2D eigenvalue weighted by Gasteiger charge is 2.16. The average molecular weight is 424 g/mol. The van der Waals surface area contributed by atoms with Crippen molar-refractivity contribution in [3.05, 3.63) is 65.6 Å². The number of fused-ring (bicyclic) bond motifs is 1. The van der Waals surface area contributed by atoms with Crippen LogP contribution in [0.5, 0.6) is 17.2 Å². The molecule has 0 spiro atoms. The highest BCUT2D eigenvalue weighted by Crippen LogP contribution is 2.32. The molecule has 0 aliphatic carbocycles. The first-order valence-corrected chi connectivity index (χ1v) is 9.97. The molecule has 2 aromatic carbocycles. The zero-order valence-corrected chi connectivity index (χ0v) is 17.5. The first-order valence-electron chi connectivity index (χ1n) is 9.15. The third kappa shape index (κ3) is 3.95. The zero-order valence-electron chi connectivity index (χ0n) is 16.7. The number of furan rings is 1. The second kappa shape index (κ2) is 8.46. The molecule has 2 heterocycles. The molecule has 0 radical (unpaired) electrons. The molecule has 4 rings (SSSR count). The Kier molecular flexibility index (Phi) is 5.58. The van der Waals surface area contributed by atoms with Crippen LogP contribution >= 0.6 is 11.3 Å². The Balaban J connectivity index is 1.51. The van der Waals surface area contributed by atoms with Crippen LogP contribution in [0.25, 0.3) is 10.2 Å². The predicted octanol–water partition coefficient (Wildman–Crippen LogP) is 4.76. The summed E-state index contributed by atoms with van der Waals surface area (Å²) in [6.45, 7) is 0. The van der Waals surface area contributed by atoms with Gasteiger partial charge in [0.15, 0.2) is 10.9 Å². The predicted molar refractivity (Wildman–Crippen MR) is 115 cm³/mol. The summed E-state index contributed by atoms with van der Waals surface area (Å²) in [5.74, 6) is 2.59. The number of benzene rings is 2. The summed E-state index contributed by atoms with van der Waals surface area (Å²) in [7, 11) is 4.81. The van der Waals surface area contributed by atoms with Gasteiger partial charge in [0.2, 0.25) is 0 Å². The molecular formula is C22H20N2O5S. The van der Waals surface area contributed by atoms with Crippen molar-refractivity contribution in [2.75, 3.05) is 26.6 Å². The molecule has 30 heavy (non-hydrogen) atoms. The highest BCUT2D eigenvalue weighted by molar-refractivity contribution is 7.22. The van der Waals surface area contributed by atoms with Crippen LogP contribution in [-0.2, 0) is 6.42 Å². The number of carbonyl (C=O) groups is 1. The van der Waals surface area contributed by atoms with E-state index in [4.69, 9.17) is 18.6 Å². The number of para-hydroxylation sites is 1. The Hall–Kier alpha value is -3.52. The van der Waals surface area contributed by atoms with E-state index in [1.54, 1.807) is 33.5 Å². The molecule has 2 aromatic heterocycles. The zero-order chi connectivity index (χ0) is 21.1. The van der Waals surface area contributed by atoms with Crippen LogP contribution in [0.15, 0.2) is 52.9 Å². The molecule has 0 aliphatic heterocycles. The van der Waals surface area contributed by atoms with Crippen molar-refractivity contribution < 1.29 is 23.4 Å². The van der Waals surface area contributed by atoms with Crippen molar-refractivity contribution in [3.63, 3.8) is 0 Å². The van der Waals surface area contributed by atoms with Gasteiger partial charge in [-0.3, -0.25) is 10.1 Å². The van der Waals surface area contributed by atoms with Crippen LogP contribution in [0, 0.1) is 0 Å². The normalized spacial score (nSPS) is 10.8. The van der Waals surface area contributed by atoms with E-state index in [2.05, 4.69) is 10.3 Å². The molecular weight excluding hydrogens is 404 g/mol. The number of thiazole rings is 1. The van der Waals surface area contributed by atoms with Crippen molar-refractivity contribution in [2.45, 2.75) is 6.42 Å². The summed E-state index contributed by atoms with van der Waals surface area (Å²) < 4.78 is 22.7. The minimum Gasteiger partial charge on any atom is -0.497 e. The van der Waals surface area contributed by atoms with Gasteiger partial charge in [-0.2, -0.15) is 0 Å². The smallest absolute Gasteiger partial charge is 0.293 e. The molecule has 4 aromatic rings. The minimum atomic E-state index is -0.364. The van der Waals surface area contributed by atoms with E-state index in [-0.39, 0.29) is 11.7 Å². The molecule has 0 bridgehead atoms. The number of hydrogen-bond donors (Lipinski definition) is 1. The molecule has 0 saturated carbocycles. The maximum Gasteiger partial charge on any atom is 0.293 e. The van der Waals surface area contributed by atoms with E-state index in [1.165, 1.54) is 11.3 Å². The van der Waals surface area contributed by atoms with Crippen LogP contribution < -0.4 is 19.5 Å². The van der Waals surface area contributed by atoms with Crippen LogP contribution in [0.2, 0.25) is 0 Å². The SMILES string of the molecule is COc1ccc(OC)c(Cc2ccc(C(=O)Nc3nc4c(OC)cccc4s3)o2)c1. The maximum atomic E-state index is 12.6. The van der Waals surface area contributed by atoms with Gasteiger partial charge in [0.1, 0.15) is 28.5 Å². The largest absolute Gasteiger partial charge is 0.497 e. The molecule has 1 amide bonds. The summed E-state index contributed by atoms with van der Waals surface area (Å²) in [6.07, 6.45) is 0.464. The van der Waals surface area contributed by atoms with Gasteiger partial charge in [-0.25, -0.2) is 4.98 Å². The number of nitrogens with one attached hydrogen (secondary N) is 1. The Labute approximate surface area is 177 Å². The summed E-state index contributed by atoms with van der Waals surface area (Å²) in [5.41, 5.74) is 1.61. The van der Waals surface area contributed by atoms with Gasteiger partial charge in [-0.15, -0.1) is 0 Å². The van der Waals surface area contributed by atoms with Crippen molar-refractivity contribution in [2.24, 2.45) is 0 Å². The van der Waals surface area contributed by atoms with Gasteiger partial charge in [0.25, 0.3) is 5.91 Å². The van der Waals surface area contributed by atoms with Crippen molar-refractivity contribution in [1.29, 1.82) is 0 Å². The average Bonchev–Trinajstić information content (AvgIpc) is 3.40. The summed E-state index contributed by atoms with van der Waals surface area (Å²) in [5, 5.41) is 3.27. The van der Waals surface area contributed by atoms with Gasteiger partial charge in [-0.05, 0) is 42.5 Å². The number of ether oxygens (including phenoxy) is 3. The number of amides is 1. The van der Waals surface area contributed by atoms with E-state index in [0.29, 0.717) is 28.6 Å². The monoisotopic (exact) mass is 424 g/mol. The van der Waals surface area contributed by atoms with Crippen molar-refractivity contribution >= 4 is 32.6 Å². The fraction of sp³-hybridized carbons (Fsp3) is 0.182. The minimum absolute atomic E-state index is 0.207. The molecule has 8 heteroatoms. The van der Waals surface area contributed by atoms with Crippen LogP contribution in [0.3, 0.4) is 0 Å². The third-order valence-electron chi connectivity index (χ3n) is 4.56. The number of carbonyl (C=O) groups excluding carboxylic acids is 1. The maximum absolute atomic E-state index is 12.6. The molecule has 0 aliphatic rings. The van der Waals surface area contributed by atoms with Gasteiger partial charge < -0.3 is 18.6 Å². The second-order valence-electron chi connectivity index (χ2n) is 6.40. The number of hydrogen-bond acceptors (Lipinski definition) is 7. The summed E-state index contributed by atoms with van der Waals surface area (Å²) in [4.78, 5) is 17.1. The van der Waals surface area contributed by atoms with E-state index in [9.17, 15) is 4.79 Å². The summed E-state index contributed by atoms with van der Waals surface area (Å²) in [6, 6.07) is 14.6. The number of nitrogens with zero attached hydrogens (tertiary/aromatic N) is 1. The van der Waals surface area contributed by atoms with Gasteiger partial charge >= 0.3 is 0 Å². The molecule has 0 atom stereocenters. The lowest BCUT2D eigenvalue weighted by atomic mass is 10.1. The second-order valence-corrected chi connectivity index (χ2v) is 7.43. The van der Waals surface area contributed by atoms with E-state index >= 15 is 0 Å². The van der Waals surface area contributed by atoms with Crippen LogP contribution in [0.1, 0.15) is 21.9 Å². The Morgan fingerprint density at radius 1 is 1.03 bits per heavy atom. The number of rotatable bonds is 7. The first-order chi connectivity index (χ1) is 14.6. The Morgan fingerprint density at radius 3 is 2.63 bits per heavy atom. The standard InChI is InChI=1S/C22H20N2O5S/c1-26-14-7-9-16(27-2)13(11-14)12-15-8-10-18(29-15)21(25)24-22-23-20-17(28-3)5-4-6-19(20)30-22/h4-11H,12H2,1-3H3,(H,23,24,25). The Bertz CT molecular complexity index is 1200. The lowest BCUT2D eigenvalue weighted by Gasteiger charge is -2.09. The molecule has 154 valence electrons. The van der Waals surface area contributed by atoms with Gasteiger partial charge in [0, 0.05) is 12.0 Å². The fourth-order valence-corrected chi connectivity index (χ4v) is 3.98. The van der Waals surface area contributed by atoms with Crippen LogP contribution in [-0.4, -0.2) is 32.2 Å². The Morgan fingerprint density at radius 2 is 1.87 bits per heavy atom. The fourth-order valence-electron chi connectivity index (χ4n) is 3.10. The number of anilines is 1. The molecule has 7 nitrogen and oxygen atoms in total. The number of methoxy groups -OCH3 is 3. The molecule has 0 unspecified atom stereocenters. The third-order valence-corrected chi connectivity index (χ3v) is 5.50. The van der Waals surface area contributed by atoms with E-state index in [1.807, 2.05) is 36.4 Å². The van der Waals surface area contributed by atoms with Crippen molar-refractivity contribution in [3.8, 4) is 17.2 Å². The quantitative estimate of drug-likeness (QED) is 0.461. The highest BCUT2D eigenvalue weighted by atomic mass is 32.1. The summed E-state index contributed by atoms with van der Waals surface area (Å²) >= 11 is 1.37. The van der Waals surface area contributed by atoms with Gasteiger partial charge in [-0.1, -0.05) is 17.4 Å². The van der Waals surface area contributed by atoms with Gasteiger partial charge in [0.05, 0.1) is 26.0 Å². The molecule has 0 fully saturated rings. The van der Waals surface area contributed by atoms with Crippen LogP contribution in [0.4, 0.5) is 5.13 Å².